The third-order valence-corrected chi connectivity index (χ3v) is 4.44. The van der Waals surface area contributed by atoms with Gasteiger partial charge in [0.05, 0.1) is 18.3 Å². The molecule has 0 aliphatic heterocycles. The topological polar surface area (TPSA) is 62.2 Å². The Bertz CT molecular complexity index is 600. The van der Waals surface area contributed by atoms with Gasteiger partial charge in [0, 0.05) is 16.0 Å². The van der Waals surface area contributed by atoms with Crippen LogP contribution in [0.3, 0.4) is 0 Å². The number of rotatable bonds is 3. The molecule has 2 aromatic heterocycles. The normalized spacial score (nSPS) is 13.3. The van der Waals surface area contributed by atoms with Gasteiger partial charge < -0.3 is 10.4 Å². The molecule has 19 heavy (non-hydrogen) atoms. The quantitative estimate of drug-likeness (QED) is 0.902. The third kappa shape index (κ3) is 2.61. The van der Waals surface area contributed by atoms with Crippen LogP contribution in [0.4, 0.5) is 0 Å². The van der Waals surface area contributed by atoms with Gasteiger partial charge in [-0.2, -0.15) is 0 Å². The second kappa shape index (κ2) is 5.01. The number of thiophene rings is 1. The van der Waals surface area contributed by atoms with E-state index in [9.17, 15) is 9.90 Å². The highest BCUT2D eigenvalue weighted by atomic mass is 32.1. The fourth-order valence-electron chi connectivity index (χ4n) is 2.30. The molecule has 0 saturated carbocycles. The van der Waals surface area contributed by atoms with Gasteiger partial charge in [-0.05, 0) is 37.0 Å². The summed E-state index contributed by atoms with van der Waals surface area (Å²) in [5.74, 6) is -0.209. The summed E-state index contributed by atoms with van der Waals surface area (Å²) in [6.07, 6.45) is 6.34. The molecule has 0 fully saturated rings. The minimum absolute atomic E-state index is 0.00255. The summed E-state index contributed by atoms with van der Waals surface area (Å²) >= 11 is 1.78. The van der Waals surface area contributed by atoms with E-state index in [0.29, 0.717) is 12.1 Å². The van der Waals surface area contributed by atoms with Gasteiger partial charge in [-0.25, -0.2) is 0 Å². The van der Waals surface area contributed by atoms with Crippen LogP contribution >= 0.6 is 11.3 Å². The first-order valence-electron chi connectivity index (χ1n) is 6.25. The predicted octanol–water partition coefficient (Wildman–Crippen LogP) is 2.27. The molecule has 0 radical (unpaired) electrons. The SMILES string of the molecule is O=C(NCc1cc2c(s1)CCC2)c1cncc(O)c1. The fourth-order valence-corrected chi connectivity index (χ4v) is 3.50. The number of hydrogen-bond donors (Lipinski definition) is 2. The summed E-state index contributed by atoms with van der Waals surface area (Å²) < 4.78 is 0. The van der Waals surface area contributed by atoms with E-state index in [-0.39, 0.29) is 11.7 Å². The largest absolute Gasteiger partial charge is 0.506 e. The molecule has 98 valence electrons. The number of carbonyl (C=O) groups is 1. The first-order chi connectivity index (χ1) is 9.22. The number of nitrogens with one attached hydrogen (secondary N) is 1. The van der Waals surface area contributed by atoms with E-state index >= 15 is 0 Å². The molecule has 4 nitrogen and oxygen atoms in total. The van der Waals surface area contributed by atoms with Crippen LogP contribution in [0.2, 0.25) is 0 Å². The van der Waals surface area contributed by atoms with Crippen LogP contribution in [0.1, 0.15) is 32.1 Å². The number of fused-ring (bicyclic) bond motifs is 1. The highest BCUT2D eigenvalue weighted by molar-refractivity contribution is 7.12. The lowest BCUT2D eigenvalue weighted by molar-refractivity contribution is 0.0950. The van der Waals surface area contributed by atoms with Crippen LogP contribution in [-0.2, 0) is 19.4 Å². The fraction of sp³-hybridized carbons (Fsp3) is 0.286. The average Bonchev–Trinajstić information content (AvgIpc) is 2.96. The van der Waals surface area contributed by atoms with Gasteiger partial charge in [0.15, 0.2) is 0 Å². The number of aromatic hydroxyl groups is 1. The Morgan fingerprint density at radius 2 is 2.26 bits per heavy atom. The van der Waals surface area contributed by atoms with Crippen molar-refractivity contribution in [2.75, 3.05) is 0 Å². The summed E-state index contributed by atoms with van der Waals surface area (Å²) in [6.45, 7) is 0.534. The highest BCUT2D eigenvalue weighted by Gasteiger charge is 2.15. The molecule has 2 aromatic rings. The van der Waals surface area contributed by atoms with Crippen molar-refractivity contribution in [1.29, 1.82) is 0 Å². The summed E-state index contributed by atoms with van der Waals surface area (Å²) in [4.78, 5) is 18.3. The van der Waals surface area contributed by atoms with Gasteiger partial charge in [0.2, 0.25) is 0 Å². The minimum atomic E-state index is -0.211. The van der Waals surface area contributed by atoms with Gasteiger partial charge in [-0.3, -0.25) is 9.78 Å². The number of hydrogen-bond acceptors (Lipinski definition) is 4. The zero-order valence-electron chi connectivity index (χ0n) is 10.3. The molecule has 5 heteroatoms. The summed E-state index contributed by atoms with van der Waals surface area (Å²) in [7, 11) is 0. The molecule has 0 atom stereocenters. The van der Waals surface area contributed by atoms with Gasteiger partial charge in [-0.15, -0.1) is 11.3 Å². The van der Waals surface area contributed by atoms with Crippen LogP contribution in [0.15, 0.2) is 24.5 Å². The van der Waals surface area contributed by atoms with Crippen LogP contribution in [0.5, 0.6) is 5.75 Å². The predicted molar refractivity (Wildman–Crippen MR) is 73.4 cm³/mol. The zero-order valence-corrected chi connectivity index (χ0v) is 11.2. The van der Waals surface area contributed by atoms with Crippen molar-refractivity contribution in [2.24, 2.45) is 0 Å². The van der Waals surface area contributed by atoms with Crippen molar-refractivity contribution in [3.05, 3.63) is 45.4 Å². The molecule has 1 aliphatic carbocycles. The Labute approximate surface area is 115 Å². The van der Waals surface area contributed by atoms with Gasteiger partial charge >= 0.3 is 0 Å². The molecule has 0 saturated heterocycles. The standard InChI is InChI=1S/C14H14N2O2S/c17-11-4-10(6-15-7-11)14(18)16-8-12-5-9-2-1-3-13(9)19-12/h4-7,17H,1-3,8H2,(H,16,18). The van der Waals surface area contributed by atoms with Crippen LogP contribution in [-0.4, -0.2) is 16.0 Å². The monoisotopic (exact) mass is 274 g/mol. The number of aromatic nitrogens is 1. The molecule has 2 heterocycles. The first kappa shape index (κ1) is 12.2. The van der Waals surface area contributed by atoms with Crippen molar-refractivity contribution in [3.63, 3.8) is 0 Å². The molecule has 1 aliphatic rings. The Morgan fingerprint density at radius 3 is 3.05 bits per heavy atom. The number of amides is 1. The Hall–Kier alpha value is -1.88. The van der Waals surface area contributed by atoms with Crippen LogP contribution in [0.25, 0.3) is 0 Å². The second-order valence-electron chi connectivity index (χ2n) is 4.63. The zero-order chi connectivity index (χ0) is 13.2. The Kier molecular flexibility index (Phi) is 3.21. The van der Waals surface area contributed by atoms with Gasteiger partial charge in [-0.1, -0.05) is 0 Å². The molecule has 2 N–H and O–H groups in total. The molecule has 1 amide bonds. The van der Waals surface area contributed by atoms with E-state index < -0.39 is 0 Å². The van der Waals surface area contributed by atoms with Crippen molar-refractivity contribution in [2.45, 2.75) is 25.8 Å². The molecule has 0 aromatic carbocycles. The van der Waals surface area contributed by atoms with E-state index in [2.05, 4.69) is 16.4 Å². The summed E-state index contributed by atoms with van der Waals surface area (Å²) in [6, 6.07) is 3.60. The molecule has 0 bridgehead atoms. The van der Waals surface area contributed by atoms with Crippen molar-refractivity contribution in [3.8, 4) is 5.75 Å². The van der Waals surface area contributed by atoms with Crippen LogP contribution < -0.4 is 5.32 Å². The third-order valence-electron chi connectivity index (χ3n) is 3.21. The lowest BCUT2D eigenvalue weighted by Gasteiger charge is -2.03. The van der Waals surface area contributed by atoms with Crippen molar-refractivity contribution in [1.82, 2.24) is 10.3 Å². The van der Waals surface area contributed by atoms with E-state index in [1.165, 1.54) is 46.6 Å². The second-order valence-corrected chi connectivity index (χ2v) is 5.85. The Morgan fingerprint density at radius 1 is 1.37 bits per heavy atom. The number of carbonyl (C=O) groups excluding carboxylic acids is 1. The minimum Gasteiger partial charge on any atom is -0.506 e. The smallest absolute Gasteiger partial charge is 0.253 e. The molecule has 0 spiro atoms. The maximum atomic E-state index is 11.9. The molecule has 3 rings (SSSR count). The van der Waals surface area contributed by atoms with Gasteiger partial charge in [0.1, 0.15) is 5.75 Å². The average molecular weight is 274 g/mol. The number of nitrogens with zero attached hydrogens (tertiary/aromatic N) is 1. The van der Waals surface area contributed by atoms with E-state index in [1.807, 2.05) is 0 Å². The molecule has 0 unspecified atom stereocenters. The van der Waals surface area contributed by atoms with Gasteiger partial charge in [0.25, 0.3) is 5.91 Å². The maximum Gasteiger partial charge on any atom is 0.253 e. The van der Waals surface area contributed by atoms with Crippen molar-refractivity contribution >= 4 is 17.2 Å². The molecular weight excluding hydrogens is 260 g/mol. The van der Waals surface area contributed by atoms with Crippen molar-refractivity contribution < 1.29 is 9.90 Å². The summed E-state index contributed by atoms with van der Waals surface area (Å²) in [5, 5.41) is 12.1. The summed E-state index contributed by atoms with van der Waals surface area (Å²) in [5.41, 5.74) is 1.82. The molecular formula is C14H14N2O2S. The van der Waals surface area contributed by atoms with E-state index in [1.54, 1.807) is 11.3 Å². The first-order valence-corrected chi connectivity index (χ1v) is 7.07. The maximum absolute atomic E-state index is 11.9. The highest BCUT2D eigenvalue weighted by Crippen LogP contribution is 2.30. The van der Waals surface area contributed by atoms with Crippen LogP contribution in [0, 0.1) is 0 Å². The van der Waals surface area contributed by atoms with E-state index in [4.69, 9.17) is 0 Å². The Balaban J connectivity index is 1.64. The lowest BCUT2D eigenvalue weighted by atomic mass is 10.2. The number of pyridine rings is 1. The lowest BCUT2D eigenvalue weighted by Crippen LogP contribution is -2.22. The number of aryl methyl sites for hydroxylation is 2. The van der Waals surface area contributed by atoms with E-state index in [0.717, 1.165) is 6.42 Å².